The van der Waals surface area contributed by atoms with Crippen LogP contribution in [0.25, 0.3) is 0 Å². The van der Waals surface area contributed by atoms with Crippen molar-refractivity contribution >= 4 is 5.97 Å². The zero-order valence-corrected chi connectivity index (χ0v) is 6.99. The number of carbonyl (C=O) groups is 1. The van der Waals surface area contributed by atoms with E-state index in [1.54, 1.807) is 0 Å². The van der Waals surface area contributed by atoms with E-state index in [0.717, 1.165) is 0 Å². The largest absolute Gasteiger partial charge is 0.456 e. The third-order valence-electron chi connectivity index (χ3n) is 1.54. The summed E-state index contributed by atoms with van der Waals surface area (Å²) in [7, 11) is 1.49. The van der Waals surface area contributed by atoms with Gasteiger partial charge in [-0.2, -0.15) is 0 Å². The number of ether oxygens (including phenoxy) is 3. The van der Waals surface area contributed by atoms with E-state index in [0.29, 0.717) is 13.2 Å². The highest BCUT2D eigenvalue weighted by molar-refractivity contribution is 5.75. The van der Waals surface area contributed by atoms with E-state index in [9.17, 15) is 4.79 Å². The number of rotatable bonds is 4. The lowest BCUT2D eigenvalue weighted by Gasteiger charge is -2.26. The Hall–Kier alpha value is -0.650. The summed E-state index contributed by atoms with van der Waals surface area (Å²) in [6, 6.07) is -0.685. The third-order valence-corrected chi connectivity index (χ3v) is 1.54. The average Bonchev–Trinajstić information content (AvgIpc) is 1.97. The molecule has 1 rings (SSSR count). The Labute approximate surface area is 70.8 Å². The molecule has 0 amide bonds. The number of hydrogen-bond donors (Lipinski definition) is 1. The van der Waals surface area contributed by atoms with Crippen molar-refractivity contribution < 1.29 is 19.0 Å². The maximum Gasteiger partial charge on any atom is 0.325 e. The Morgan fingerprint density at radius 3 is 2.83 bits per heavy atom. The van der Waals surface area contributed by atoms with Crippen molar-refractivity contribution in [3.63, 3.8) is 0 Å². The standard InChI is InChI=1S/C7H13NO4/c1-10-4-6(8)7(9)12-5-2-11-3-5/h5-6H,2-4,8H2,1H3. The molecule has 0 aromatic heterocycles. The fraction of sp³-hybridized carbons (Fsp3) is 0.857. The quantitative estimate of drug-likeness (QED) is 0.549. The van der Waals surface area contributed by atoms with Gasteiger partial charge in [0.05, 0.1) is 19.8 Å². The van der Waals surface area contributed by atoms with Crippen LogP contribution in [-0.4, -0.2) is 45.0 Å². The van der Waals surface area contributed by atoms with Gasteiger partial charge in [0.15, 0.2) is 0 Å². The van der Waals surface area contributed by atoms with Gasteiger partial charge < -0.3 is 19.9 Å². The van der Waals surface area contributed by atoms with Gasteiger partial charge in [-0.1, -0.05) is 0 Å². The molecule has 70 valence electrons. The molecule has 1 saturated heterocycles. The summed E-state index contributed by atoms with van der Waals surface area (Å²) in [5.41, 5.74) is 5.41. The molecule has 0 spiro atoms. The minimum Gasteiger partial charge on any atom is -0.456 e. The van der Waals surface area contributed by atoms with Crippen LogP contribution in [0.5, 0.6) is 0 Å². The first-order chi connectivity index (χ1) is 5.74. The first-order valence-electron chi connectivity index (χ1n) is 3.76. The summed E-state index contributed by atoms with van der Waals surface area (Å²) in [6.45, 7) is 1.14. The molecule has 0 aromatic carbocycles. The van der Waals surface area contributed by atoms with E-state index in [-0.39, 0.29) is 12.7 Å². The topological polar surface area (TPSA) is 70.8 Å². The summed E-state index contributed by atoms with van der Waals surface area (Å²) in [5, 5.41) is 0. The summed E-state index contributed by atoms with van der Waals surface area (Å²) < 4.78 is 14.5. The maximum absolute atomic E-state index is 11.1. The van der Waals surface area contributed by atoms with Crippen molar-refractivity contribution in [2.75, 3.05) is 26.9 Å². The Kier molecular flexibility index (Phi) is 3.46. The molecule has 5 heteroatoms. The highest BCUT2D eigenvalue weighted by atomic mass is 16.6. The summed E-state index contributed by atoms with van der Waals surface area (Å²) >= 11 is 0. The number of nitrogens with two attached hydrogens (primary N) is 1. The highest BCUT2D eigenvalue weighted by Gasteiger charge is 2.25. The van der Waals surface area contributed by atoms with Crippen LogP contribution in [0.15, 0.2) is 0 Å². The predicted molar refractivity (Wildman–Crippen MR) is 40.6 cm³/mol. The van der Waals surface area contributed by atoms with Crippen molar-refractivity contribution in [2.24, 2.45) is 5.73 Å². The molecule has 0 aliphatic carbocycles. The molecule has 0 saturated carbocycles. The number of hydrogen-bond acceptors (Lipinski definition) is 5. The lowest BCUT2D eigenvalue weighted by Crippen LogP contribution is -2.44. The SMILES string of the molecule is COCC(N)C(=O)OC1COC1. The van der Waals surface area contributed by atoms with Gasteiger partial charge in [-0.15, -0.1) is 0 Å². The normalized spacial score (nSPS) is 19.8. The zero-order valence-electron chi connectivity index (χ0n) is 6.99. The molecule has 12 heavy (non-hydrogen) atoms. The number of esters is 1. The second-order valence-electron chi connectivity index (χ2n) is 2.66. The molecule has 1 unspecified atom stereocenters. The lowest BCUT2D eigenvalue weighted by molar-refractivity contribution is -0.174. The van der Waals surface area contributed by atoms with Gasteiger partial charge in [0.1, 0.15) is 12.1 Å². The van der Waals surface area contributed by atoms with E-state index in [1.807, 2.05) is 0 Å². The van der Waals surface area contributed by atoms with Crippen molar-refractivity contribution in [3.05, 3.63) is 0 Å². The summed E-state index contributed by atoms with van der Waals surface area (Å²) in [6.07, 6.45) is -0.111. The average molecular weight is 175 g/mol. The highest BCUT2D eigenvalue weighted by Crippen LogP contribution is 2.06. The van der Waals surface area contributed by atoms with Gasteiger partial charge >= 0.3 is 5.97 Å². The fourth-order valence-electron chi connectivity index (χ4n) is 0.781. The molecule has 0 bridgehead atoms. The van der Waals surface area contributed by atoms with Crippen LogP contribution in [0, 0.1) is 0 Å². The Morgan fingerprint density at radius 1 is 1.75 bits per heavy atom. The molecule has 5 nitrogen and oxygen atoms in total. The summed E-state index contributed by atoms with van der Waals surface area (Å²) in [4.78, 5) is 11.1. The zero-order chi connectivity index (χ0) is 8.97. The molecule has 1 aliphatic heterocycles. The molecule has 1 heterocycles. The smallest absolute Gasteiger partial charge is 0.325 e. The van der Waals surface area contributed by atoms with Crippen LogP contribution in [0.1, 0.15) is 0 Å². The van der Waals surface area contributed by atoms with Crippen LogP contribution in [-0.2, 0) is 19.0 Å². The number of carbonyl (C=O) groups excluding carboxylic acids is 1. The second-order valence-corrected chi connectivity index (χ2v) is 2.66. The predicted octanol–water partition coefficient (Wildman–Crippen LogP) is -1.10. The van der Waals surface area contributed by atoms with Crippen LogP contribution in [0.4, 0.5) is 0 Å². The van der Waals surface area contributed by atoms with E-state index >= 15 is 0 Å². The molecule has 1 fully saturated rings. The van der Waals surface area contributed by atoms with E-state index in [1.165, 1.54) is 7.11 Å². The van der Waals surface area contributed by atoms with E-state index in [2.05, 4.69) is 0 Å². The van der Waals surface area contributed by atoms with Gasteiger partial charge in [-0.3, -0.25) is 4.79 Å². The summed E-state index contributed by atoms with van der Waals surface area (Å²) in [5.74, 6) is -0.426. The Bertz CT molecular complexity index is 157. The van der Waals surface area contributed by atoms with Gasteiger partial charge in [-0.25, -0.2) is 0 Å². The van der Waals surface area contributed by atoms with Gasteiger partial charge in [-0.05, 0) is 0 Å². The van der Waals surface area contributed by atoms with Gasteiger partial charge in [0.2, 0.25) is 0 Å². The number of methoxy groups -OCH3 is 1. The molecular weight excluding hydrogens is 162 g/mol. The molecule has 0 aromatic rings. The monoisotopic (exact) mass is 175 g/mol. The van der Waals surface area contributed by atoms with E-state index < -0.39 is 12.0 Å². The lowest BCUT2D eigenvalue weighted by atomic mass is 10.3. The first kappa shape index (κ1) is 9.44. The van der Waals surface area contributed by atoms with Crippen LogP contribution >= 0.6 is 0 Å². The van der Waals surface area contributed by atoms with Crippen LogP contribution in [0.2, 0.25) is 0 Å². The van der Waals surface area contributed by atoms with Crippen molar-refractivity contribution in [1.82, 2.24) is 0 Å². The van der Waals surface area contributed by atoms with E-state index in [4.69, 9.17) is 19.9 Å². The Balaban J connectivity index is 2.16. The van der Waals surface area contributed by atoms with Gasteiger partial charge in [0, 0.05) is 7.11 Å². The molecule has 2 N–H and O–H groups in total. The molecule has 1 atom stereocenters. The minimum atomic E-state index is -0.685. The molecule has 0 radical (unpaired) electrons. The molecule has 1 aliphatic rings. The van der Waals surface area contributed by atoms with Crippen LogP contribution < -0.4 is 5.73 Å². The fourth-order valence-corrected chi connectivity index (χ4v) is 0.781. The minimum absolute atomic E-state index is 0.111. The first-order valence-corrected chi connectivity index (χ1v) is 3.76. The third kappa shape index (κ3) is 2.44. The van der Waals surface area contributed by atoms with Crippen molar-refractivity contribution in [2.45, 2.75) is 12.1 Å². The van der Waals surface area contributed by atoms with Crippen molar-refractivity contribution in [1.29, 1.82) is 0 Å². The molecular formula is C7H13NO4. The van der Waals surface area contributed by atoms with Crippen molar-refractivity contribution in [3.8, 4) is 0 Å². The second kappa shape index (κ2) is 4.39. The van der Waals surface area contributed by atoms with Gasteiger partial charge in [0.25, 0.3) is 0 Å². The maximum atomic E-state index is 11.1. The van der Waals surface area contributed by atoms with Crippen LogP contribution in [0.3, 0.4) is 0 Å². The Morgan fingerprint density at radius 2 is 2.42 bits per heavy atom.